The van der Waals surface area contributed by atoms with E-state index in [4.69, 9.17) is 4.18 Å². The summed E-state index contributed by atoms with van der Waals surface area (Å²) in [5.41, 5.74) is 1.56. The van der Waals surface area contributed by atoms with Crippen LogP contribution in [0.1, 0.15) is 43.2 Å². The van der Waals surface area contributed by atoms with E-state index >= 15 is 0 Å². The molecular weight excluding hydrogens is 486 g/mol. The SMILES string of the molecule is O=C(NC1CCCCC1)N(Cc1ccc(F)cc1)Cc1ccc(OS(=O)(=O)c2ccc(F)cc2)cc1. The standard InChI is InChI=1S/C27H28F2N2O4S/c28-22-10-6-20(7-11-22)18-31(27(32)30-24-4-2-1-3-5-24)19-21-8-14-25(15-9-21)35-36(33,34)26-16-12-23(29)13-17-26/h6-17,24H,1-5,18-19H2,(H,30,32). The highest BCUT2D eigenvalue weighted by atomic mass is 32.2. The molecule has 0 unspecified atom stereocenters. The summed E-state index contributed by atoms with van der Waals surface area (Å²) in [6, 6.07) is 16.7. The van der Waals surface area contributed by atoms with Crippen molar-refractivity contribution in [3.05, 3.63) is 95.6 Å². The van der Waals surface area contributed by atoms with Gasteiger partial charge in [-0.2, -0.15) is 8.42 Å². The first-order valence-electron chi connectivity index (χ1n) is 11.9. The Morgan fingerprint density at radius 1 is 0.806 bits per heavy atom. The third-order valence-electron chi connectivity index (χ3n) is 6.11. The predicted octanol–water partition coefficient (Wildman–Crippen LogP) is 5.78. The van der Waals surface area contributed by atoms with Gasteiger partial charge in [0.15, 0.2) is 0 Å². The molecule has 3 aromatic rings. The summed E-state index contributed by atoms with van der Waals surface area (Å²) in [5.74, 6) is -0.793. The average Bonchev–Trinajstić information content (AvgIpc) is 2.87. The van der Waals surface area contributed by atoms with Gasteiger partial charge in [-0.3, -0.25) is 0 Å². The Kier molecular flexibility index (Phi) is 8.20. The van der Waals surface area contributed by atoms with Crippen LogP contribution in [-0.4, -0.2) is 25.4 Å². The normalized spacial score (nSPS) is 14.3. The molecule has 0 radical (unpaired) electrons. The van der Waals surface area contributed by atoms with E-state index in [-0.39, 0.29) is 41.6 Å². The van der Waals surface area contributed by atoms with Crippen LogP contribution in [0.25, 0.3) is 0 Å². The van der Waals surface area contributed by atoms with Gasteiger partial charge in [0.05, 0.1) is 0 Å². The first-order valence-corrected chi connectivity index (χ1v) is 13.3. The van der Waals surface area contributed by atoms with Gasteiger partial charge >= 0.3 is 16.1 Å². The summed E-state index contributed by atoms with van der Waals surface area (Å²) in [6.45, 7) is 0.553. The van der Waals surface area contributed by atoms with Gasteiger partial charge in [0.25, 0.3) is 0 Å². The topological polar surface area (TPSA) is 75.7 Å². The number of benzene rings is 3. The van der Waals surface area contributed by atoms with Crippen LogP contribution in [0.4, 0.5) is 13.6 Å². The number of amides is 2. The second-order valence-electron chi connectivity index (χ2n) is 8.90. The number of halogens is 2. The molecule has 1 aliphatic rings. The minimum Gasteiger partial charge on any atom is -0.379 e. The zero-order valence-corrected chi connectivity index (χ0v) is 20.5. The van der Waals surface area contributed by atoms with Gasteiger partial charge in [-0.05, 0) is 72.5 Å². The van der Waals surface area contributed by atoms with Gasteiger partial charge < -0.3 is 14.4 Å². The molecule has 3 aromatic carbocycles. The molecule has 36 heavy (non-hydrogen) atoms. The molecule has 0 atom stereocenters. The maximum atomic E-state index is 13.4. The van der Waals surface area contributed by atoms with Crippen molar-refractivity contribution in [2.24, 2.45) is 0 Å². The number of rotatable bonds is 8. The largest absolute Gasteiger partial charge is 0.379 e. The Labute approximate surface area is 210 Å². The summed E-state index contributed by atoms with van der Waals surface area (Å²) in [6.07, 6.45) is 5.25. The molecule has 1 fully saturated rings. The Hall–Kier alpha value is -3.46. The second kappa shape index (κ2) is 11.5. The molecule has 6 nitrogen and oxygen atoms in total. The quantitative estimate of drug-likeness (QED) is 0.387. The van der Waals surface area contributed by atoms with Crippen LogP contribution in [0.2, 0.25) is 0 Å². The van der Waals surface area contributed by atoms with Crippen molar-refractivity contribution in [3.8, 4) is 5.75 Å². The van der Waals surface area contributed by atoms with Crippen LogP contribution >= 0.6 is 0 Å². The third-order valence-corrected chi connectivity index (χ3v) is 7.37. The Morgan fingerprint density at radius 2 is 1.31 bits per heavy atom. The van der Waals surface area contributed by atoms with Gasteiger partial charge in [0.1, 0.15) is 22.3 Å². The Morgan fingerprint density at radius 3 is 1.86 bits per heavy atom. The van der Waals surface area contributed by atoms with Crippen molar-refractivity contribution in [1.82, 2.24) is 10.2 Å². The van der Waals surface area contributed by atoms with E-state index in [0.717, 1.165) is 61.1 Å². The molecule has 4 rings (SSSR count). The third kappa shape index (κ3) is 7.04. The van der Waals surface area contributed by atoms with Crippen molar-refractivity contribution >= 4 is 16.1 Å². The zero-order chi connectivity index (χ0) is 25.5. The lowest BCUT2D eigenvalue weighted by atomic mass is 9.96. The second-order valence-corrected chi connectivity index (χ2v) is 10.4. The van der Waals surface area contributed by atoms with Gasteiger partial charge in [0.2, 0.25) is 0 Å². The molecule has 0 bridgehead atoms. The smallest absolute Gasteiger partial charge is 0.339 e. The summed E-state index contributed by atoms with van der Waals surface area (Å²) >= 11 is 0. The molecule has 0 saturated heterocycles. The van der Waals surface area contributed by atoms with Crippen molar-refractivity contribution in [3.63, 3.8) is 0 Å². The fraction of sp³-hybridized carbons (Fsp3) is 0.296. The molecule has 0 heterocycles. The molecule has 1 N–H and O–H groups in total. The monoisotopic (exact) mass is 514 g/mol. The molecule has 1 saturated carbocycles. The minimum atomic E-state index is -4.11. The molecule has 0 spiro atoms. The molecule has 9 heteroatoms. The number of nitrogens with zero attached hydrogens (tertiary/aromatic N) is 1. The summed E-state index contributed by atoms with van der Waals surface area (Å²) in [7, 11) is -4.11. The van der Waals surface area contributed by atoms with Crippen molar-refractivity contribution in [1.29, 1.82) is 0 Å². The fourth-order valence-corrected chi connectivity index (χ4v) is 5.10. The van der Waals surface area contributed by atoms with Crippen LogP contribution < -0.4 is 9.50 Å². The van der Waals surface area contributed by atoms with E-state index < -0.39 is 15.9 Å². The van der Waals surface area contributed by atoms with Gasteiger partial charge in [-0.15, -0.1) is 0 Å². The fourth-order valence-electron chi connectivity index (χ4n) is 4.17. The Bertz CT molecular complexity index is 1260. The van der Waals surface area contributed by atoms with E-state index in [1.54, 1.807) is 29.2 Å². The summed E-state index contributed by atoms with van der Waals surface area (Å²) < 4.78 is 56.5. The van der Waals surface area contributed by atoms with Crippen molar-refractivity contribution in [2.45, 2.75) is 56.1 Å². The van der Waals surface area contributed by atoms with E-state index in [0.29, 0.717) is 0 Å². The highest BCUT2D eigenvalue weighted by Gasteiger charge is 2.21. The van der Waals surface area contributed by atoms with E-state index in [9.17, 15) is 22.0 Å². The summed E-state index contributed by atoms with van der Waals surface area (Å²) in [4.78, 5) is 14.6. The van der Waals surface area contributed by atoms with Gasteiger partial charge in [-0.25, -0.2) is 13.6 Å². The first kappa shape index (κ1) is 25.6. The number of carbonyl (C=O) groups excluding carboxylic acids is 1. The predicted molar refractivity (Wildman–Crippen MR) is 132 cm³/mol. The molecule has 190 valence electrons. The van der Waals surface area contributed by atoms with E-state index in [1.807, 2.05) is 0 Å². The molecule has 1 aliphatic carbocycles. The molecular formula is C27H28F2N2O4S. The van der Waals surface area contributed by atoms with Crippen molar-refractivity contribution < 1.29 is 26.2 Å². The minimum absolute atomic E-state index is 0.0971. The average molecular weight is 515 g/mol. The van der Waals surface area contributed by atoms with Gasteiger partial charge in [0, 0.05) is 19.1 Å². The molecule has 0 aliphatic heterocycles. The highest BCUT2D eigenvalue weighted by Crippen LogP contribution is 2.22. The van der Waals surface area contributed by atoms with Crippen LogP contribution in [0.15, 0.2) is 77.7 Å². The maximum Gasteiger partial charge on any atom is 0.339 e. The van der Waals surface area contributed by atoms with E-state index in [1.165, 1.54) is 30.7 Å². The van der Waals surface area contributed by atoms with Crippen LogP contribution in [0, 0.1) is 11.6 Å². The van der Waals surface area contributed by atoms with Crippen molar-refractivity contribution in [2.75, 3.05) is 0 Å². The summed E-state index contributed by atoms with van der Waals surface area (Å²) in [5, 5.41) is 3.12. The molecule has 2 amide bonds. The van der Waals surface area contributed by atoms with Crippen LogP contribution in [0.5, 0.6) is 5.75 Å². The van der Waals surface area contributed by atoms with E-state index in [2.05, 4.69) is 5.32 Å². The number of urea groups is 1. The lowest BCUT2D eigenvalue weighted by molar-refractivity contribution is 0.184. The lowest BCUT2D eigenvalue weighted by Gasteiger charge is -2.28. The number of hydrogen-bond acceptors (Lipinski definition) is 4. The zero-order valence-electron chi connectivity index (χ0n) is 19.7. The lowest BCUT2D eigenvalue weighted by Crippen LogP contribution is -2.44. The number of hydrogen-bond donors (Lipinski definition) is 1. The maximum absolute atomic E-state index is 13.4. The highest BCUT2D eigenvalue weighted by molar-refractivity contribution is 7.87. The number of nitrogens with one attached hydrogen (secondary N) is 1. The number of carbonyl (C=O) groups is 1. The Balaban J connectivity index is 1.46. The van der Waals surface area contributed by atoms with Crippen LogP contribution in [0.3, 0.4) is 0 Å². The first-order chi connectivity index (χ1) is 17.3. The van der Waals surface area contributed by atoms with Crippen LogP contribution in [-0.2, 0) is 23.2 Å². The molecule has 0 aromatic heterocycles. The van der Waals surface area contributed by atoms with Gasteiger partial charge in [-0.1, -0.05) is 43.5 Å².